The van der Waals surface area contributed by atoms with Crippen molar-refractivity contribution in [2.75, 3.05) is 23.7 Å². The van der Waals surface area contributed by atoms with Crippen molar-refractivity contribution in [2.24, 2.45) is 0 Å². The minimum absolute atomic E-state index is 0.117. The first kappa shape index (κ1) is 19.4. The van der Waals surface area contributed by atoms with Crippen molar-refractivity contribution >= 4 is 25.7 Å². The molecule has 0 spiro atoms. The van der Waals surface area contributed by atoms with Crippen molar-refractivity contribution in [3.8, 4) is 0 Å². The highest BCUT2D eigenvalue weighted by Crippen LogP contribution is 2.21. The number of hydrogen-bond acceptors (Lipinski definition) is 4. The Hall–Kier alpha value is -1.97. The first-order valence-electron chi connectivity index (χ1n) is 7.40. The molecule has 0 aliphatic heterocycles. The second kappa shape index (κ2) is 7.51. The minimum atomic E-state index is -3.79. The Kier molecular flexibility index (Phi) is 5.81. The van der Waals surface area contributed by atoms with Crippen LogP contribution in [-0.4, -0.2) is 36.2 Å². The zero-order valence-corrected chi connectivity index (χ0v) is 15.4. The SMILES string of the molecule is Cc1ccccc1S(=O)(=O)NCCN(c1ccccc1F)S(C)(=O)=O. The molecule has 0 saturated carbocycles. The van der Waals surface area contributed by atoms with E-state index >= 15 is 0 Å². The molecule has 0 atom stereocenters. The van der Waals surface area contributed by atoms with E-state index < -0.39 is 25.9 Å². The summed E-state index contributed by atoms with van der Waals surface area (Å²) >= 11 is 0. The van der Waals surface area contributed by atoms with Gasteiger partial charge in [-0.1, -0.05) is 30.3 Å². The summed E-state index contributed by atoms with van der Waals surface area (Å²) < 4.78 is 65.7. The summed E-state index contributed by atoms with van der Waals surface area (Å²) in [5.74, 6) is -0.699. The van der Waals surface area contributed by atoms with Crippen LogP contribution >= 0.6 is 0 Å². The Balaban J connectivity index is 2.18. The molecule has 0 saturated heterocycles. The smallest absolute Gasteiger partial charge is 0.240 e. The third-order valence-electron chi connectivity index (χ3n) is 3.51. The van der Waals surface area contributed by atoms with Gasteiger partial charge in [0.25, 0.3) is 0 Å². The van der Waals surface area contributed by atoms with Gasteiger partial charge in [-0.2, -0.15) is 0 Å². The number of nitrogens with one attached hydrogen (secondary N) is 1. The molecule has 136 valence electrons. The highest BCUT2D eigenvalue weighted by molar-refractivity contribution is 7.92. The second-order valence-electron chi connectivity index (χ2n) is 5.45. The van der Waals surface area contributed by atoms with Gasteiger partial charge in [-0.3, -0.25) is 4.31 Å². The molecule has 0 unspecified atom stereocenters. The van der Waals surface area contributed by atoms with Crippen molar-refractivity contribution in [1.29, 1.82) is 0 Å². The van der Waals surface area contributed by atoms with Crippen LogP contribution in [0.1, 0.15) is 5.56 Å². The number of rotatable bonds is 7. The third kappa shape index (κ3) is 4.77. The van der Waals surface area contributed by atoms with Gasteiger partial charge in [0.15, 0.2) is 0 Å². The van der Waals surface area contributed by atoms with Crippen molar-refractivity contribution in [2.45, 2.75) is 11.8 Å². The number of benzene rings is 2. The molecular weight excluding hydrogens is 367 g/mol. The number of anilines is 1. The summed E-state index contributed by atoms with van der Waals surface area (Å²) in [4.78, 5) is 0.117. The van der Waals surface area contributed by atoms with Gasteiger partial charge in [0.2, 0.25) is 20.0 Å². The minimum Gasteiger partial charge on any atom is -0.266 e. The second-order valence-corrected chi connectivity index (χ2v) is 9.09. The van der Waals surface area contributed by atoms with Gasteiger partial charge >= 0.3 is 0 Å². The zero-order valence-electron chi connectivity index (χ0n) is 13.8. The van der Waals surface area contributed by atoms with Gasteiger partial charge in [-0.15, -0.1) is 0 Å². The van der Waals surface area contributed by atoms with Gasteiger partial charge in [-0.05, 0) is 30.7 Å². The lowest BCUT2D eigenvalue weighted by Crippen LogP contribution is -2.38. The van der Waals surface area contributed by atoms with E-state index in [0.29, 0.717) is 5.56 Å². The molecule has 25 heavy (non-hydrogen) atoms. The number of aryl methyl sites for hydroxylation is 1. The number of halogens is 1. The average molecular weight is 386 g/mol. The molecule has 1 N–H and O–H groups in total. The van der Waals surface area contributed by atoms with Gasteiger partial charge in [0.1, 0.15) is 5.82 Å². The van der Waals surface area contributed by atoms with Crippen LogP contribution in [0, 0.1) is 12.7 Å². The zero-order chi connectivity index (χ0) is 18.7. The summed E-state index contributed by atoms with van der Waals surface area (Å²) in [6.07, 6.45) is 0.940. The van der Waals surface area contributed by atoms with E-state index in [-0.39, 0.29) is 23.7 Å². The monoisotopic (exact) mass is 386 g/mol. The Morgan fingerprint density at radius 1 is 1.00 bits per heavy atom. The van der Waals surface area contributed by atoms with Gasteiger partial charge in [0.05, 0.1) is 16.8 Å². The summed E-state index contributed by atoms with van der Waals surface area (Å²) in [5, 5.41) is 0. The first-order valence-corrected chi connectivity index (χ1v) is 10.7. The molecule has 2 aromatic carbocycles. The molecule has 0 heterocycles. The Labute approximate surface area is 147 Å². The van der Waals surface area contributed by atoms with Gasteiger partial charge in [-0.25, -0.2) is 25.9 Å². The fraction of sp³-hybridized carbons (Fsp3) is 0.250. The predicted molar refractivity (Wildman–Crippen MR) is 95.0 cm³/mol. The summed E-state index contributed by atoms with van der Waals surface area (Å²) in [7, 11) is -7.56. The van der Waals surface area contributed by atoms with Crippen molar-refractivity contribution < 1.29 is 21.2 Å². The van der Waals surface area contributed by atoms with Crippen LogP contribution < -0.4 is 9.03 Å². The van der Waals surface area contributed by atoms with Crippen LogP contribution in [-0.2, 0) is 20.0 Å². The van der Waals surface area contributed by atoms with Gasteiger partial charge < -0.3 is 0 Å². The van der Waals surface area contributed by atoms with E-state index in [1.54, 1.807) is 25.1 Å². The Morgan fingerprint density at radius 2 is 1.60 bits per heavy atom. The molecule has 0 radical (unpaired) electrons. The van der Waals surface area contributed by atoms with E-state index in [1.807, 2.05) is 0 Å². The van der Waals surface area contributed by atoms with Crippen LogP contribution in [0.15, 0.2) is 53.4 Å². The molecule has 2 aromatic rings. The maximum absolute atomic E-state index is 13.9. The number of hydrogen-bond donors (Lipinski definition) is 1. The molecule has 0 aliphatic rings. The Bertz CT molecular complexity index is 960. The average Bonchev–Trinajstić information content (AvgIpc) is 2.52. The van der Waals surface area contributed by atoms with Crippen LogP contribution in [0.25, 0.3) is 0 Å². The lowest BCUT2D eigenvalue weighted by atomic mass is 10.2. The molecule has 0 aromatic heterocycles. The lowest BCUT2D eigenvalue weighted by molar-refractivity contribution is 0.576. The molecule has 9 heteroatoms. The molecular formula is C16H19FN2O4S2. The van der Waals surface area contributed by atoms with Crippen molar-refractivity contribution in [3.05, 3.63) is 59.9 Å². The Morgan fingerprint density at radius 3 is 2.20 bits per heavy atom. The molecule has 0 amide bonds. The van der Waals surface area contributed by atoms with E-state index in [2.05, 4.69) is 4.72 Å². The molecule has 0 bridgehead atoms. The summed E-state index contributed by atoms with van der Waals surface area (Å²) in [6.45, 7) is 1.24. The van der Waals surface area contributed by atoms with Crippen LogP contribution in [0.2, 0.25) is 0 Å². The van der Waals surface area contributed by atoms with E-state index in [9.17, 15) is 21.2 Å². The highest BCUT2D eigenvalue weighted by Gasteiger charge is 2.22. The van der Waals surface area contributed by atoms with E-state index in [4.69, 9.17) is 0 Å². The van der Waals surface area contributed by atoms with E-state index in [0.717, 1.165) is 16.6 Å². The van der Waals surface area contributed by atoms with Crippen LogP contribution in [0.3, 0.4) is 0 Å². The first-order chi connectivity index (χ1) is 11.6. The lowest BCUT2D eigenvalue weighted by Gasteiger charge is -2.23. The number of sulfonamides is 2. The van der Waals surface area contributed by atoms with Crippen LogP contribution in [0.5, 0.6) is 0 Å². The third-order valence-corrected chi connectivity index (χ3v) is 6.31. The molecule has 0 fully saturated rings. The molecule has 2 rings (SSSR count). The molecule has 6 nitrogen and oxygen atoms in total. The van der Waals surface area contributed by atoms with Gasteiger partial charge in [0, 0.05) is 13.1 Å². The van der Waals surface area contributed by atoms with E-state index in [1.165, 1.54) is 24.3 Å². The largest absolute Gasteiger partial charge is 0.266 e. The van der Waals surface area contributed by atoms with Crippen LogP contribution in [0.4, 0.5) is 10.1 Å². The summed E-state index contributed by atoms with van der Waals surface area (Å²) in [6, 6.07) is 11.9. The van der Waals surface area contributed by atoms with Crippen molar-refractivity contribution in [3.63, 3.8) is 0 Å². The summed E-state index contributed by atoms with van der Waals surface area (Å²) in [5.41, 5.74) is 0.448. The molecule has 0 aliphatic carbocycles. The quantitative estimate of drug-likeness (QED) is 0.788. The maximum Gasteiger partial charge on any atom is 0.240 e. The fourth-order valence-corrected chi connectivity index (χ4v) is 4.53. The normalized spacial score (nSPS) is 12.1. The predicted octanol–water partition coefficient (Wildman–Crippen LogP) is 1.88. The number of nitrogens with zero attached hydrogens (tertiary/aromatic N) is 1. The van der Waals surface area contributed by atoms with Crippen molar-refractivity contribution in [1.82, 2.24) is 4.72 Å². The fourth-order valence-electron chi connectivity index (χ4n) is 2.34. The standard InChI is InChI=1S/C16H19FN2O4S2/c1-13-7-3-6-10-16(13)25(22,23)18-11-12-19(24(2,20)21)15-9-5-4-8-14(15)17/h3-10,18H,11-12H2,1-2H3. The maximum atomic E-state index is 13.9. The number of para-hydroxylation sites is 1. The topological polar surface area (TPSA) is 83.6 Å². The highest BCUT2D eigenvalue weighted by atomic mass is 32.2.